The molecule has 3 aliphatic heterocycles. The monoisotopic (exact) mass is 391 g/mol. The minimum absolute atomic E-state index is 0.0536. The van der Waals surface area contributed by atoms with Crippen molar-refractivity contribution in [3.05, 3.63) is 60.0 Å². The highest BCUT2D eigenvalue weighted by Gasteiger charge is 2.65. The van der Waals surface area contributed by atoms with Crippen LogP contribution in [0.3, 0.4) is 0 Å². The van der Waals surface area contributed by atoms with Crippen molar-refractivity contribution < 1.29 is 14.3 Å². The summed E-state index contributed by atoms with van der Waals surface area (Å²) in [6.45, 7) is 1.03. The first-order chi connectivity index (χ1) is 14.1. The van der Waals surface area contributed by atoms with Crippen molar-refractivity contribution in [1.82, 2.24) is 24.0 Å². The van der Waals surface area contributed by atoms with E-state index >= 15 is 0 Å². The third-order valence-corrected chi connectivity index (χ3v) is 6.67. The van der Waals surface area contributed by atoms with Gasteiger partial charge >= 0.3 is 0 Å². The van der Waals surface area contributed by atoms with E-state index in [4.69, 9.17) is 4.74 Å². The zero-order valence-corrected chi connectivity index (χ0v) is 16.1. The molecule has 6 rings (SSSR count). The first-order valence-electron chi connectivity index (χ1n) is 9.91. The third kappa shape index (κ3) is 2.09. The molecule has 3 fully saturated rings. The maximum Gasteiger partial charge on any atom is 0.259 e. The Labute approximate surface area is 167 Å². The molecule has 2 amide bonds. The molecule has 2 aromatic heterocycles. The van der Waals surface area contributed by atoms with Crippen LogP contribution in [0.5, 0.6) is 0 Å². The molecule has 29 heavy (non-hydrogen) atoms. The first kappa shape index (κ1) is 16.8. The zero-order valence-electron chi connectivity index (χ0n) is 16.1. The van der Waals surface area contributed by atoms with Gasteiger partial charge in [0.15, 0.2) is 5.72 Å². The van der Waals surface area contributed by atoms with E-state index in [0.29, 0.717) is 31.6 Å². The molecule has 8 nitrogen and oxygen atoms in total. The molecule has 3 saturated heterocycles. The predicted octanol–water partition coefficient (Wildman–Crippen LogP) is 1.59. The van der Waals surface area contributed by atoms with E-state index in [2.05, 4.69) is 5.10 Å². The summed E-state index contributed by atoms with van der Waals surface area (Å²) in [5.74, 6) is -0.0389. The summed E-state index contributed by atoms with van der Waals surface area (Å²) in [7, 11) is 1.89. The van der Waals surface area contributed by atoms with E-state index in [1.54, 1.807) is 10.7 Å². The molecule has 3 atom stereocenters. The van der Waals surface area contributed by atoms with Crippen LogP contribution in [0.1, 0.15) is 34.8 Å². The lowest BCUT2D eigenvalue weighted by molar-refractivity contribution is -0.138. The summed E-state index contributed by atoms with van der Waals surface area (Å²) in [5, 5.41) is 4.29. The van der Waals surface area contributed by atoms with Crippen LogP contribution in [-0.2, 0) is 16.6 Å². The summed E-state index contributed by atoms with van der Waals surface area (Å²) in [6, 6.07) is 9.62. The zero-order chi connectivity index (χ0) is 19.8. The van der Waals surface area contributed by atoms with Gasteiger partial charge in [0.1, 0.15) is 11.2 Å². The van der Waals surface area contributed by atoms with Crippen LogP contribution in [0.15, 0.2) is 48.9 Å². The topological polar surface area (TPSA) is 72.1 Å². The van der Waals surface area contributed by atoms with Crippen LogP contribution in [0.2, 0.25) is 0 Å². The highest BCUT2D eigenvalue weighted by atomic mass is 16.5. The fraction of sp³-hybridized carbons (Fsp3) is 0.381. The molecule has 0 aliphatic carbocycles. The van der Waals surface area contributed by atoms with Crippen molar-refractivity contribution in [2.45, 2.75) is 30.7 Å². The molecule has 0 N–H and O–H groups in total. The highest BCUT2D eigenvalue weighted by Crippen LogP contribution is 2.51. The van der Waals surface area contributed by atoms with Gasteiger partial charge in [0, 0.05) is 32.4 Å². The summed E-state index contributed by atoms with van der Waals surface area (Å²) in [6.07, 6.45) is 6.24. The molecule has 0 unspecified atom stereocenters. The Kier molecular flexibility index (Phi) is 3.30. The molecule has 3 aliphatic rings. The molecular formula is C21H21N5O3. The average Bonchev–Trinajstić information content (AvgIpc) is 3.50. The molecule has 1 spiro atoms. The van der Waals surface area contributed by atoms with E-state index in [-0.39, 0.29) is 23.9 Å². The van der Waals surface area contributed by atoms with Crippen molar-refractivity contribution in [2.75, 3.05) is 13.2 Å². The van der Waals surface area contributed by atoms with Crippen LogP contribution >= 0.6 is 0 Å². The second-order valence-corrected chi connectivity index (χ2v) is 8.05. The van der Waals surface area contributed by atoms with Crippen molar-refractivity contribution in [2.24, 2.45) is 7.05 Å². The Balaban J connectivity index is 1.35. The van der Waals surface area contributed by atoms with Crippen molar-refractivity contribution >= 4 is 17.5 Å². The molecule has 5 heterocycles. The van der Waals surface area contributed by atoms with E-state index in [1.807, 2.05) is 64.1 Å². The maximum absolute atomic E-state index is 13.4. The lowest BCUT2D eigenvalue weighted by Crippen LogP contribution is -2.49. The fourth-order valence-corrected chi connectivity index (χ4v) is 5.36. The number of rotatable bonds is 2. The SMILES string of the molecule is Cn1ccn2ncc(C(=O)N3CC[C@@]45OC[C@@H](c6ccccc6)N4C(=O)C[C@@H]35)c12. The number of carbonyl (C=O) groups excluding carboxylic acids is 2. The van der Waals surface area contributed by atoms with Crippen LogP contribution in [0.4, 0.5) is 0 Å². The molecule has 1 aromatic carbocycles. The number of aromatic nitrogens is 3. The Morgan fingerprint density at radius 3 is 2.90 bits per heavy atom. The summed E-state index contributed by atoms with van der Waals surface area (Å²) in [4.78, 5) is 30.2. The van der Waals surface area contributed by atoms with Gasteiger partial charge in [0.25, 0.3) is 5.91 Å². The van der Waals surface area contributed by atoms with Gasteiger partial charge in [-0.05, 0) is 5.56 Å². The summed E-state index contributed by atoms with van der Waals surface area (Å²) >= 11 is 0. The molecule has 8 heteroatoms. The quantitative estimate of drug-likeness (QED) is 0.665. The minimum atomic E-state index is -0.715. The lowest BCUT2D eigenvalue weighted by atomic mass is 10.0. The van der Waals surface area contributed by atoms with Gasteiger partial charge < -0.3 is 19.1 Å². The number of imidazole rings is 1. The number of ether oxygens (including phenoxy) is 1. The lowest BCUT2D eigenvalue weighted by Gasteiger charge is -2.33. The molecular weight excluding hydrogens is 370 g/mol. The van der Waals surface area contributed by atoms with Gasteiger partial charge in [-0.1, -0.05) is 30.3 Å². The standard InChI is InChI=1S/C21H21N5O3/c1-23-9-10-25-19(23)15(12-22-25)20(28)24-8-7-21-17(24)11-18(27)26(21)16(13-29-21)14-5-3-2-4-6-14/h2-6,9-10,12,16-17H,7-8,11,13H2,1H3/t16-,17+,21-/m0/s1. The van der Waals surface area contributed by atoms with Crippen LogP contribution in [0, 0.1) is 0 Å². The van der Waals surface area contributed by atoms with E-state index in [1.165, 1.54) is 0 Å². The molecule has 0 radical (unpaired) electrons. The summed E-state index contributed by atoms with van der Waals surface area (Å²) in [5.41, 5.74) is 1.67. The number of aryl methyl sites for hydroxylation is 1. The first-order valence-corrected chi connectivity index (χ1v) is 9.91. The smallest absolute Gasteiger partial charge is 0.259 e. The number of benzene rings is 1. The molecule has 3 aromatic rings. The van der Waals surface area contributed by atoms with Crippen molar-refractivity contribution in [1.29, 1.82) is 0 Å². The van der Waals surface area contributed by atoms with E-state index in [0.717, 1.165) is 11.2 Å². The minimum Gasteiger partial charge on any atom is -0.351 e. The Bertz CT molecular complexity index is 1140. The van der Waals surface area contributed by atoms with Gasteiger partial charge in [-0.2, -0.15) is 5.10 Å². The van der Waals surface area contributed by atoms with E-state index < -0.39 is 5.72 Å². The van der Waals surface area contributed by atoms with Gasteiger partial charge in [-0.3, -0.25) is 9.59 Å². The summed E-state index contributed by atoms with van der Waals surface area (Å²) < 4.78 is 9.89. The predicted molar refractivity (Wildman–Crippen MR) is 103 cm³/mol. The average molecular weight is 391 g/mol. The van der Waals surface area contributed by atoms with Crippen molar-refractivity contribution in [3.63, 3.8) is 0 Å². The maximum atomic E-state index is 13.4. The Morgan fingerprint density at radius 1 is 1.24 bits per heavy atom. The van der Waals surface area contributed by atoms with Crippen LogP contribution in [0.25, 0.3) is 5.65 Å². The number of hydrogen-bond acceptors (Lipinski definition) is 4. The number of amides is 2. The largest absolute Gasteiger partial charge is 0.351 e. The third-order valence-electron chi connectivity index (χ3n) is 6.67. The number of hydrogen-bond donors (Lipinski definition) is 0. The number of nitrogens with zero attached hydrogens (tertiary/aromatic N) is 5. The Hall–Kier alpha value is -3.13. The van der Waals surface area contributed by atoms with Crippen LogP contribution < -0.4 is 0 Å². The normalized spacial score (nSPS) is 28.4. The van der Waals surface area contributed by atoms with Gasteiger partial charge in [0.05, 0.1) is 31.3 Å². The number of likely N-dealkylation sites (tertiary alicyclic amines) is 1. The Morgan fingerprint density at radius 2 is 2.07 bits per heavy atom. The van der Waals surface area contributed by atoms with Gasteiger partial charge in [0.2, 0.25) is 5.91 Å². The van der Waals surface area contributed by atoms with Crippen LogP contribution in [-0.4, -0.2) is 60.7 Å². The molecule has 0 bridgehead atoms. The second-order valence-electron chi connectivity index (χ2n) is 8.05. The number of carbonyl (C=O) groups is 2. The van der Waals surface area contributed by atoms with E-state index in [9.17, 15) is 9.59 Å². The van der Waals surface area contributed by atoms with Crippen molar-refractivity contribution in [3.8, 4) is 0 Å². The second kappa shape index (κ2) is 5.70. The fourth-order valence-electron chi connectivity index (χ4n) is 5.36. The highest BCUT2D eigenvalue weighted by molar-refractivity contribution is 6.01. The van der Waals surface area contributed by atoms with Gasteiger partial charge in [-0.15, -0.1) is 0 Å². The molecule has 0 saturated carbocycles. The number of fused-ring (bicyclic) bond motifs is 1. The van der Waals surface area contributed by atoms with Gasteiger partial charge in [-0.25, -0.2) is 4.52 Å². The molecule has 148 valence electrons.